The van der Waals surface area contributed by atoms with E-state index in [0.29, 0.717) is 0 Å². The van der Waals surface area contributed by atoms with Crippen LogP contribution in [0.3, 0.4) is 0 Å². The van der Waals surface area contributed by atoms with Crippen LogP contribution in [0.25, 0.3) is 0 Å². The molecule has 2 heteroatoms. The third kappa shape index (κ3) is 1.26. The van der Waals surface area contributed by atoms with Crippen LogP contribution in [0.15, 0.2) is 54.6 Å². The summed E-state index contributed by atoms with van der Waals surface area (Å²) < 4.78 is 0. The minimum atomic E-state index is -0.330. The lowest BCUT2D eigenvalue weighted by molar-refractivity contribution is -0.118. The molecule has 0 aliphatic carbocycles. The molecule has 2 nitrogen and oxygen atoms in total. The fraction of sp³-hybridized carbons (Fsp3) is 0.188. The number of amides is 1. The fourth-order valence-corrected chi connectivity index (χ4v) is 2.92. The molecule has 0 radical (unpaired) electrons. The average molecular weight is 237 g/mol. The summed E-state index contributed by atoms with van der Waals surface area (Å²) in [5.74, 6) is 0.0834. The molecule has 1 atom stereocenters. The van der Waals surface area contributed by atoms with Gasteiger partial charge < -0.3 is 0 Å². The highest BCUT2D eigenvalue weighted by Gasteiger charge is 2.48. The quantitative estimate of drug-likeness (QED) is 0.745. The molecule has 1 aliphatic rings. The fourth-order valence-electron chi connectivity index (χ4n) is 2.92. The van der Waals surface area contributed by atoms with Crippen molar-refractivity contribution in [2.24, 2.45) is 0 Å². The minimum Gasteiger partial charge on any atom is -0.298 e. The van der Waals surface area contributed by atoms with Gasteiger partial charge in [-0.2, -0.15) is 0 Å². The first-order chi connectivity index (χ1) is 8.65. The smallest absolute Gasteiger partial charge is 0.224 e. The van der Waals surface area contributed by atoms with Gasteiger partial charge in [0.1, 0.15) is 0 Å². The Kier molecular flexibility index (Phi) is 2.27. The van der Waals surface area contributed by atoms with Gasteiger partial charge in [0.15, 0.2) is 0 Å². The van der Waals surface area contributed by atoms with Crippen LogP contribution in [0, 0.1) is 0 Å². The van der Waals surface area contributed by atoms with E-state index in [4.69, 9.17) is 0 Å². The van der Waals surface area contributed by atoms with E-state index in [1.54, 1.807) is 6.92 Å². The van der Waals surface area contributed by atoms with E-state index in [2.05, 4.69) is 25.1 Å². The number of carbonyl (C=O) groups is 1. The van der Waals surface area contributed by atoms with Crippen molar-refractivity contribution in [3.63, 3.8) is 0 Å². The normalized spacial score (nSPS) is 21.1. The maximum atomic E-state index is 11.9. The van der Waals surface area contributed by atoms with E-state index in [9.17, 15) is 4.79 Å². The zero-order valence-electron chi connectivity index (χ0n) is 10.6. The molecule has 1 aliphatic heterocycles. The van der Waals surface area contributed by atoms with Gasteiger partial charge in [0, 0.05) is 12.5 Å². The van der Waals surface area contributed by atoms with E-state index in [-0.39, 0.29) is 11.4 Å². The van der Waals surface area contributed by atoms with Crippen LogP contribution in [0.5, 0.6) is 0 Å². The highest BCUT2D eigenvalue weighted by molar-refractivity contribution is 6.00. The highest BCUT2D eigenvalue weighted by atomic mass is 16.2. The van der Waals surface area contributed by atoms with Crippen LogP contribution in [0.1, 0.15) is 25.0 Å². The van der Waals surface area contributed by atoms with Crippen LogP contribution in [-0.4, -0.2) is 5.91 Å². The van der Waals surface area contributed by atoms with E-state index in [1.807, 2.05) is 41.3 Å². The third-order valence-electron chi connectivity index (χ3n) is 3.77. The standard InChI is InChI=1S/C16H15NO/c1-12(18)17-15-11-7-6-10-14(15)16(17,2)13-8-4-3-5-9-13/h3-11H,1-2H3. The Morgan fingerprint density at radius 3 is 2.28 bits per heavy atom. The van der Waals surface area contributed by atoms with Gasteiger partial charge >= 0.3 is 0 Å². The first-order valence-electron chi connectivity index (χ1n) is 6.11. The summed E-state index contributed by atoms with van der Waals surface area (Å²) in [7, 11) is 0. The largest absolute Gasteiger partial charge is 0.298 e. The van der Waals surface area contributed by atoms with Crippen LogP contribution >= 0.6 is 0 Å². The molecule has 3 rings (SSSR count). The Hall–Kier alpha value is -2.09. The summed E-state index contributed by atoms with van der Waals surface area (Å²) in [6.45, 7) is 3.73. The molecule has 0 saturated carbocycles. The first-order valence-corrected chi connectivity index (χ1v) is 6.11. The van der Waals surface area contributed by atoms with Crippen molar-refractivity contribution in [3.8, 4) is 0 Å². The number of hydrogen-bond acceptors (Lipinski definition) is 1. The number of hydrogen-bond donors (Lipinski definition) is 0. The molecule has 0 saturated heterocycles. The molecular formula is C16H15NO. The summed E-state index contributed by atoms with van der Waals surface area (Å²) in [4.78, 5) is 13.8. The molecule has 0 fully saturated rings. The molecule has 2 aromatic carbocycles. The maximum absolute atomic E-state index is 11.9. The van der Waals surface area contributed by atoms with Crippen molar-refractivity contribution < 1.29 is 4.79 Å². The second kappa shape index (κ2) is 3.70. The van der Waals surface area contributed by atoms with Gasteiger partial charge in [-0.05, 0) is 18.6 Å². The highest BCUT2D eigenvalue weighted by Crippen LogP contribution is 2.51. The summed E-state index contributed by atoms with van der Waals surface area (Å²) in [5, 5.41) is 0. The van der Waals surface area contributed by atoms with Gasteiger partial charge in [-0.15, -0.1) is 0 Å². The second-order valence-corrected chi connectivity index (χ2v) is 4.81. The number of anilines is 1. The van der Waals surface area contributed by atoms with Crippen molar-refractivity contribution in [2.45, 2.75) is 19.4 Å². The molecule has 0 bridgehead atoms. The van der Waals surface area contributed by atoms with E-state index >= 15 is 0 Å². The summed E-state index contributed by atoms with van der Waals surface area (Å²) in [6.07, 6.45) is 0. The van der Waals surface area contributed by atoms with Gasteiger partial charge in [-0.1, -0.05) is 48.5 Å². The zero-order chi connectivity index (χ0) is 12.8. The van der Waals surface area contributed by atoms with E-state index in [1.165, 1.54) is 5.56 Å². The van der Waals surface area contributed by atoms with Crippen molar-refractivity contribution in [1.29, 1.82) is 0 Å². The number of carbonyl (C=O) groups excluding carboxylic acids is 1. The van der Waals surface area contributed by atoms with Crippen molar-refractivity contribution >= 4 is 11.6 Å². The summed E-state index contributed by atoms with van der Waals surface area (Å²) in [5.41, 5.74) is 3.06. The summed E-state index contributed by atoms with van der Waals surface area (Å²) in [6, 6.07) is 18.3. The lowest BCUT2D eigenvalue weighted by Crippen LogP contribution is -2.55. The summed E-state index contributed by atoms with van der Waals surface area (Å²) >= 11 is 0. The lowest BCUT2D eigenvalue weighted by atomic mass is 9.75. The van der Waals surface area contributed by atoms with Crippen molar-refractivity contribution in [3.05, 3.63) is 65.7 Å². The molecule has 1 amide bonds. The predicted molar refractivity (Wildman–Crippen MR) is 72.5 cm³/mol. The van der Waals surface area contributed by atoms with E-state index < -0.39 is 0 Å². The Labute approximate surface area is 107 Å². The first kappa shape index (κ1) is 11.0. The predicted octanol–water partition coefficient (Wildman–Crippen LogP) is 3.32. The molecule has 1 heterocycles. The lowest BCUT2D eigenvalue weighted by Gasteiger charge is -2.52. The second-order valence-electron chi connectivity index (χ2n) is 4.81. The number of benzene rings is 2. The van der Waals surface area contributed by atoms with Gasteiger partial charge in [0.05, 0.1) is 11.2 Å². The van der Waals surface area contributed by atoms with Gasteiger partial charge in [0.2, 0.25) is 5.91 Å². The monoisotopic (exact) mass is 237 g/mol. The number of fused-ring (bicyclic) bond motifs is 1. The Morgan fingerprint density at radius 2 is 1.61 bits per heavy atom. The minimum absolute atomic E-state index is 0.0834. The molecule has 1 unspecified atom stereocenters. The van der Waals surface area contributed by atoms with Crippen LogP contribution in [-0.2, 0) is 10.3 Å². The Bertz CT molecular complexity index is 606. The Morgan fingerprint density at radius 1 is 1.00 bits per heavy atom. The maximum Gasteiger partial charge on any atom is 0.224 e. The average Bonchev–Trinajstić information content (AvgIpc) is 2.38. The van der Waals surface area contributed by atoms with Gasteiger partial charge in [0.25, 0.3) is 0 Å². The van der Waals surface area contributed by atoms with E-state index in [0.717, 1.165) is 11.3 Å². The van der Waals surface area contributed by atoms with Crippen molar-refractivity contribution in [2.75, 3.05) is 4.90 Å². The molecule has 18 heavy (non-hydrogen) atoms. The molecule has 0 aromatic heterocycles. The van der Waals surface area contributed by atoms with Crippen LogP contribution < -0.4 is 4.90 Å². The SMILES string of the molecule is CC(=O)N1c2ccccc2C1(C)c1ccccc1. The van der Waals surface area contributed by atoms with Crippen molar-refractivity contribution in [1.82, 2.24) is 0 Å². The van der Waals surface area contributed by atoms with Crippen LogP contribution in [0.2, 0.25) is 0 Å². The third-order valence-corrected chi connectivity index (χ3v) is 3.77. The Balaban J connectivity index is 2.20. The molecule has 2 aromatic rings. The number of para-hydroxylation sites is 1. The molecule has 90 valence electrons. The van der Waals surface area contributed by atoms with Crippen LogP contribution in [0.4, 0.5) is 5.69 Å². The zero-order valence-corrected chi connectivity index (χ0v) is 10.6. The van der Waals surface area contributed by atoms with Gasteiger partial charge in [-0.25, -0.2) is 0 Å². The molecule has 0 N–H and O–H groups in total. The number of rotatable bonds is 1. The number of nitrogens with zero attached hydrogens (tertiary/aromatic N) is 1. The molecular weight excluding hydrogens is 222 g/mol. The van der Waals surface area contributed by atoms with Gasteiger partial charge in [-0.3, -0.25) is 9.69 Å². The topological polar surface area (TPSA) is 20.3 Å². The molecule has 0 spiro atoms.